The van der Waals surface area contributed by atoms with E-state index in [-0.39, 0.29) is 39.6 Å². The molecule has 1 aliphatic rings. The maximum Gasteiger partial charge on any atom is 0.267 e. The van der Waals surface area contributed by atoms with Gasteiger partial charge in [0.25, 0.3) is 5.56 Å². The normalized spacial score (nSPS) is 17.6. The monoisotopic (exact) mass is 490 g/mol. The summed E-state index contributed by atoms with van der Waals surface area (Å²) in [5, 5.41) is 10.2. The highest BCUT2D eigenvalue weighted by atomic mass is 35.5. The Morgan fingerprint density at radius 1 is 1.14 bits per heavy atom. The number of rotatable bonds is 3. The Morgan fingerprint density at radius 2 is 1.91 bits per heavy atom. The molecular weight excluding hydrogens is 471 g/mol. The fourth-order valence-corrected chi connectivity index (χ4v) is 4.92. The summed E-state index contributed by atoms with van der Waals surface area (Å²) in [6.45, 7) is 1.97. The average molecular weight is 491 g/mol. The van der Waals surface area contributed by atoms with E-state index in [2.05, 4.69) is 16.0 Å². The number of hydrogen-bond acceptors (Lipinski definition) is 8. The summed E-state index contributed by atoms with van der Waals surface area (Å²) in [5.41, 5.74) is 12.2. The molecule has 0 saturated carbocycles. The Morgan fingerprint density at radius 3 is 2.66 bits per heavy atom. The summed E-state index contributed by atoms with van der Waals surface area (Å²) in [7, 11) is 0. The minimum absolute atomic E-state index is 0.0337. The molecule has 176 valence electrons. The van der Waals surface area contributed by atoms with Crippen molar-refractivity contribution < 1.29 is 4.39 Å². The number of nitriles is 1. The molecule has 35 heavy (non-hydrogen) atoms. The van der Waals surface area contributed by atoms with Crippen LogP contribution in [0.1, 0.15) is 37.2 Å². The quantitative estimate of drug-likeness (QED) is 0.442. The van der Waals surface area contributed by atoms with Gasteiger partial charge in [0.2, 0.25) is 5.95 Å². The lowest BCUT2D eigenvalue weighted by molar-refractivity contribution is 0.608. The smallest absolute Gasteiger partial charge is 0.267 e. The number of aromatic nitrogens is 4. The van der Waals surface area contributed by atoms with Crippen molar-refractivity contribution in [2.24, 2.45) is 0 Å². The first-order valence-electron chi connectivity index (χ1n) is 10.9. The number of hydrogen-bond donors (Lipinski definition) is 2. The van der Waals surface area contributed by atoms with Gasteiger partial charge in [-0.1, -0.05) is 23.7 Å². The molecule has 1 fully saturated rings. The molecule has 9 nitrogen and oxygen atoms in total. The molecule has 2 aromatic carbocycles. The van der Waals surface area contributed by atoms with Crippen LogP contribution in [0.25, 0.3) is 16.6 Å². The Hall–Kier alpha value is -4.23. The molecule has 0 amide bonds. The topological polar surface area (TPSA) is 140 Å². The third kappa shape index (κ3) is 3.70. The van der Waals surface area contributed by atoms with Crippen LogP contribution in [-0.4, -0.2) is 25.6 Å². The van der Waals surface area contributed by atoms with Gasteiger partial charge >= 0.3 is 0 Å². The summed E-state index contributed by atoms with van der Waals surface area (Å²) in [4.78, 5) is 28.7. The van der Waals surface area contributed by atoms with E-state index in [0.29, 0.717) is 29.9 Å². The Bertz CT molecular complexity index is 1580. The number of fused-ring (bicyclic) bond motifs is 1. The van der Waals surface area contributed by atoms with Crippen LogP contribution in [0.15, 0.2) is 47.3 Å². The van der Waals surface area contributed by atoms with Gasteiger partial charge in [-0.05, 0) is 50.1 Å². The second-order valence-electron chi connectivity index (χ2n) is 8.35. The Kier molecular flexibility index (Phi) is 5.49. The summed E-state index contributed by atoms with van der Waals surface area (Å²) in [6, 6.07) is 12.2. The number of nitrogens with zero attached hydrogens (tertiary/aromatic N) is 6. The molecule has 4 N–H and O–H groups in total. The van der Waals surface area contributed by atoms with Crippen LogP contribution in [0, 0.1) is 17.1 Å². The van der Waals surface area contributed by atoms with E-state index in [1.807, 2.05) is 11.8 Å². The van der Waals surface area contributed by atoms with Crippen LogP contribution in [0.5, 0.6) is 0 Å². The van der Waals surface area contributed by atoms with Crippen molar-refractivity contribution in [3.05, 3.63) is 75.0 Å². The highest BCUT2D eigenvalue weighted by Gasteiger charge is 2.38. The predicted octanol–water partition coefficient (Wildman–Crippen LogP) is 3.73. The van der Waals surface area contributed by atoms with Gasteiger partial charge in [-0.2, -0.15) is 15.2 Å². The molecule has 0 aliphatic carbocycles. The van der Waals surface area contributed by atoms with E-state index in [0.717, 1.165) is 0 Å². The molecule has 0 bridgehead atoms. The van der Waals surface area contributed by atoms with Crippen molar-refractivity contribution in [3.63, 3.8) is 0 Å². The highest BCUT2D eigenvalue weighted by molar-refractivity contribution is 6.35. The van der Waals surface area contributed by atoms with Crippen LogP contribution in [-0.2, 0) is 0 Å². The molecule has 2 aromatic heterocycles. The second-order valence-corrected chi connectivity index (χ2v) is 8.76. The summed E-state index contributed by atoms with van der Waals surface area (Å²) in [6.07, 6.45) is 1.30. The van der Waals surface area contributed by atoms with Crippen molar-refractivity contribution in [1.82, 2.24) is 19.5 Å². The molecule has 2 atom stereocenters. The predicted molar refractivity (Wildman–Crippen MR) is 132 cm³/mol. The van der Waals surface area contributed by atoms with Gasteiger partial charge in [0.05, 0.1) is 27.7 Å². The van der Waals surface area contributed by atoms with Crippen molar-refractivity contribution in [3.8, 4) is 11.8 Å². The zero-order valence-electron chi connectivity index (χ0n) is 18.6. The van der Waals surface area contributed by atoms with E-state index in [4.69, 9.17) is 28.1 Å². The van der Waals surface area contributed by atoms with Gasteiger partial charge in [0, 0.05) is 6.04 Å². The molecule has 1 saturated heterocycles. The SMILES string of the molecule is C[C@H]1CC[C@@H](c2nc3cccc(Cl)c3c(=O)n2-c2cccc(F)c2)N1c1nc(N)nc(N)c1C#N. The van der Waals surface area contributed by atoms with Gasteiger partial charge in [0.15, 0.2) is 5.82 Å². The van der Waals surface area contributed by atoms with Gasteiger partial charge in [0.1, 0.15) is 29.1 Å². The molecule has 1 aliphatic heterocycles. The number of anilines is 3. The Balaban J connectivity index is 1.82. The zero-order chi connectivity index (χ0) is 24.9. The molecule has 0 spiro atoms. The van der Waals surface area contributed by atoms with Crippen molar-refractivity contribution in [1.29, 1.82) is 5.26 Å². The number of nitrogens with two attached hydrogens (primary N) is 2. The lowest BCUT2D eigenvalue weighted by Gasteiger charge is -2.31. The van der Waals surface area contributed by atoms with Crippen molar-refractivity contribution in [2.75, 3.05) is 16.4 Å². The molecule has 0 radical (unpaired) electrons. The number of benzene rings is 2. The third-order valence-corrected chi connectivity index (χ3v) is 6.51. The summed E-state index contributed by atoms with van der Waals surface area (Å²) in [5.74, 6) is 0.0150. The molecular formula is C24H20ClFN8O. The van der Waals surface area contributed by atoms with E-state index < -0.39 is 17.4 Å². The van der Waals surface area contributed by atoms with E-state index in [1.54, 1.807) is 24.3 Å². The van der Waals surface area contributed by atoms with Crippen LogP contribution < -0.4 is 21.9 Å². The van der Waals surface area contributed by atoms with Crippen LogP contribution in [0.3, 0.4) is 0 Å². The summed E-state index contributed by atoms with van der Waals surface area (Å²) >= 11 is 6.37. The molecule has 4 aromatic rings. The highest BCUT2D eigenvalue weighted by Crippen LogP contribution is 2.41. The van der Waals surface area contributed by atoms with E-state index in [1.165, 1.54) is 22.8 Å². The third-order valence-electron chi connectivity index (χ3n) is 6.20. The Labute approximate surface area is 204 Å². The number of nitrogen functional groups attached to an aromatic ring is 2. The van der Waals surface area contributed by atoms with Gasteiger partial charge in [-0.25, -0.2) is 9.37 Å². The molecule has 5 rings (SSSR count). The summed E-state index contributed by atoms with van der Waals surface area (Å²) < 4.78 is 15.6. The van der Waals surface area contributed by atoms with Crippen molar-refractivity contribution >= 4 is 40.1 Å². The van der Waals surface area contributed by atoms with Crippen LogP contribution in [0.2, 0.25) is 5.02 Å². The van der Waals surface area contributed by atoms with E-state index in [9.17, 15) is 14.4 Å². The fraction of sp³-hybridized carbons (Fsp3) is 0.208. The largest absolute Gasteiger partial charge is 0.382 e. The van der Waals surface area contributed by atoms with Gasteiger partial charge in [-0.15, -0.1) is 0 Å². The first-order valence-corrected chi connectivity index (χ1v) is 11.3. The molecule has 11 heteroatoms. The first kappa shape index (κ1) is 22.6. The lowest BCUT2D eigenvalue weighted by Crippen LogP contribution is -2.36. The van der Waals surface area contributed by atoms with Crippen molar-refractivity contribution in [2.45, 2.75) is 31.8 Å². The minimum Gasteiger partial charge on any atom is -0.382 e. The maximum atomic E-state index is 14.2. The minimum atomic E-state index is -0.501. The lowest BCUT2D eigenvalue weighted by atomic mass is 10.1. The van der Waals surface area contributed by atoms with Gasteiger partial charge < -0.3 is 16.4 Å². The molecule has 3 heterocycles. The number of halogens is 2. The van der Waals surface area contributed by atoms with Crippen LogP contribution >= 0.6 is 11.6 Å². The maximum absolute atomic E-state index is 14.2. The standard InChI is InChI=1S/C24H20ClFN8O/c1-12-8-9-18(33(12)21-15(11-27)20(28)31-24(29)32-21)22-30-17-7-3-6-16(25)19(17)23(35)34(22)14-5-2-4-13(26)10-14/h2-7,10,12,18H,8-9H2,1H3,(H4,28,29,31,32)/t12-,18-/m0/s1. The first-order chi connectivity index (χ1) is 16.8. The average Bonchev–Trinajstić information content (AvgIpc) is 3.19. The second kappa shape index (κ2) is 8.52. The molecule has 0 unspecified atom stereocenters. The fourth-order valence-electron chi connectivity index (χ4n) is 4.67. The van der Waals surface area contributed by atoms with Gasteiger partial charge in [-0.3, -0.25) is 9.36 Å². The zero-order valence-corrected chi connectivity index (χ0v) is 19.4. The van der Waals surface area contributed by atoms with E-state index >= 15 is 0 Å². The van der Waals surface area contributed by atoms with Crippen LogP contribution in [0.4, 0.5) is 22.0 Å².